The Kier molecular flexibility index (Phi) is 4.26. The van der Waals surface area contributed by atoms with Gasteiger partial charge in [-0.3, -0.25) is 0 Å². The van der Waals surface area contributed by atoms with Crippen LogP contribution in [-0.4, -0.2) is 13.9 Å². The highest BCUT2D eigenvalue weighted by Crippen LogP contribution is 2.29. The molecule has 0 radical (unpaired) electrons. The predicted molar refractivity (Wildman–Crippen MR) is 60.6 cm³/mol. The van der Waals surface area contributed by atoms with E-state index < -0.39 is 15.6 Å². The maximum absolute atomic E-state index is 12.2. The summed E-state index contributed by atoms with van der Waals surface area (Å²) in [5.74, 6) is -0.105. The van der Waals surface area contributed by atoms with Crippen LogP contribution in [0.4, 0.5) is 13.2 Å². The van der Waals surface area contributed by atoms with Gasteiger partial charge in [-0.1, -0.05) is 32.0 Å². The summed E-state index contributed by atoms with van der Waals surface area (Å²) in [5.41, 5.74) is -4.99. The van der Waals surface area contributed by atoms with E-state index in [1.165, 1.54) is 12.1 Å². The molecule has 0 aliphatic rings. The van der Waals surface area contributed by atoms with E-state index >= 15 is 0 Å². The van der Waals surface area contributed by atoms with Gasteiger partial charge in [-0.25, -0.2) is 0 Å². The fraction of sp³-hybridized carbons (Fsp3) is 0.455. The van der Waals surface area contributed by atoms with E-state index in [-0.39, 0.29) is 11.7 Å². The van der Waals surface area contributed by atoms with E-state index in [0.29, 0.717) is 12.0 Å². The molecule has 102 valence electrons. The monoisotopic (exact) mass is 282 g/mol. The third-order valence-electron chi connectivity index (χ3n) is 2.08. The van der Waals surface area contributed by atoms with Crippen molar-refractivity contribution >= 4 is 10.1 Å². The molecule has 1 aromatic carbocycles. The van der Waals surface area contributed by atoms with Crippen LogP contribution in [0.25, 0.3) is 0 Å². The predicted octanol–water partition coefficient (Wildman–Crippen LogP) is 3.11. The summed E-state index contributed by atoms with van der Waals surface area (Å²) < 4.78 is 62.6. The van der Waals surface area contributed by atoms with Crippen molar-refractivity contribution < 1.29 is 25.8 Å². The van der Waals surface area contributed by atoms with Gasteiger partial charge in [0.25, 0.3) is 0 Å². The Bertz CT molecular complexity index is 507. The minimum Gasteiger partial charge on any atom is -0.376 e. The Labute approximate surface area is 104 Å². The zero-order chi connectivity index (χ0) is 14.0. The summed E-state index contributed by atoms with van der Waals surface area (Å²) in [6, 6.07) is 5.79. The van der Waals surface area contributed by atoms with E-state index in [1.54, 1.807) is 12.1 Å². The number of para-hydroxylation sites is 1. The van der Waals surface area contributed by atoms with E-state index in [9.17, 15) is 21.6 Å². The van der Waals surface area contributed by atoms with E-state index in [1.807, 2.05) is 13.8 Å². The maximum atomic E-state index is 12.2. The van der Waals surface area contributed by atoms with Crippen LogP contribution in [-0.2, 0) is 16.5 Å². The molecule has 0 bridgehead atoms. The van der Waals surface area contributed by atoms with Crippen molar-refractivity contribution in [2.45, 2.75) is 25.8 Å². The number of hydrogen-bond acceptors (Lipinski definition) is 3. The highest BCUT2D eigenvalue weighted by molar-refractivity contribution is 7.88. The van der Waals surface area contributed by atoms with Crippen molar-refractivity contribution in [3.05, 3.63) is 29.8 Å². The lowest BCUT2D eigenvalue weighted by atomic mass is 10.0. The lowest BCUT2D eigenvalue weighted by molar-refractivity contribution is -0.0500. The van der Waals surface area contributed by atoms with Crippen LogP contribution < -0.4 is 4.18 Å². The molecular weight excluding hydrogens is 269 g/mol. The van der Waals surface area contributed by atoms with E-state index in [4.69, 9.17) is 0 Å². The minimum atomic E-state index is -5.61. The molecule has 0 fully saturated rings. The molecule has 0 unspecified atom stereocenters. The van der Waals surface area contributed by atoms with Crippen molar-refractivity contribution in [2.75, 3.05) is 0 Å². The third-order valence-corrected chi connectivity index (χ3v) is 3.05. The largest absolute Gasteiger partial charge is 0.534 e. The Balaban J connectivity index is 3.05. The molecule has 18 heavy (non-hydrogen) atoms. The van der Waals surface area contributed by atoms with Crippen LogP contribution in [0, 0.1) is 5.92 Å². The zero-order valence-electron chi connectivity index (χ0n) is 9.86. The maximum Gasteiger partial charge on any atom is 0.534 e. The summed E-state index contributed by atoms with van der Waals surface area (Å²) in [4.78, 5) is 0. The van der Waals surface area contributed by atoms with Crippen LogP contribution in [0.3, 0.4) is 0 Å². The number of alkyl halides is 3. The van der Waals surface area contributed by atoms with Crippen LogP contribution in [0.5, 0.6) is 5.75 Å². The molecule has 1 rings (SSSR count). The second-order valence-corrected chi connectivity index (χ2v) is 5.73. The Morgan fingerprint density at radius 3 is 2.28 bits per heavy atom. The molecule has 0 amide bonds. The van der Waals surface area contributed by atoms with E-state index in [0.717, 1.165) is 0 Å². The van der Waals surface area contributed by atoms with Gasteiger partial charge < -0.3 is 4.18 Å². The first kappa shape index (κ1) is 14.8. The smallest absolute Gasteiger partial charge is 0.376 e. The van der Waals surface area contributed by atoms with Gasteiger partial charge in [-0.15, -0.1) is 0 Å². The zero-order valence-corrected chi connectivity index (χ0v) is 10.7. The van der Waals surface area contributed by atoms with Crippen LogP contribution in [0.15, 0.2) is 24.3 Å². The average Bonchev–Trinajstić information content (AvgIpc) is 2.18. The average molecular weight is 282 g/mol. The topological polar surface area (TPSA) is 43.4 Å². The third kappa shape index (κ3) is 3.63. The molecule has 0 saturated heterocycles. The molecule has 0 spiro atoms. The molecule has 1 aromatic rings. The fourth-order valence-corrected chi connectivity index (χ4v) is 1.85. The standard InChI is InChI=1S/C11H13F3O3S/c1-8(2)7-9-5-3-4-6-10(9)17-18(15,16)11(12,13)14/h3-6,8H,7H2,1-2H3. The highest BCUT2D eigenvalue weighted by Gasteiger charge is 2.48. The first-order chi connectivity index (χ1) is 8.13. The number of halogens is 3. The molecule has 0 aromatic heterocycles. The van der Waals surface area contributed by atoms with Gasteiger partial charge in [-0.05, 0) is 24.0 Å². The summed E-state index contributed by atoms with van der Waals surface area (Å²) in [6.07, 6.45) is 0.434. The van der Waals surface area contributed by atoms with Gasteiger partial charge in [0, 0.05) is 0 Å². The summed E-state index contributed by atoms with van der Waals surface area (Å²) in [7, 11) is -5.61. The number of hydrogen-bond donors (Lipinski definition) is 0. The molecule has 0 atom stereocenters. The molecule has 0 saturated carbocycles. The lowest BCUT2D eigenvalue weighted by Gasteiger charge is -2.13. The van der Waals surface area contributed by atoms with Crippen molar-refractivity contribution in [3.63, 3.8) is 0 Å². The SMILES string of the molecule is CC(C)Cc1ccccc1OS(=O)(=O)C(F)(F)F. The number of rotatable bonds is 4. The summed E-state index contributed by atoms with van der Waals surface area (Å²) in [6.45, 7) is 3.74. The van der Waals surface area contributed by atoms with Crippen molar-refractivity contribution in [2.24, 2.45) is 5.92 Å². The van der Waals surface area contributed by atoms with Crippen LogP contribution >= 0.6 is 0 Å². The fourth-order valence-electron chi connectivity index (χ4n) is 1.36. The van der Waals surface area contributed by atoms with E-state index in [2.05, 4.69) is 4.18 Å². The quantitative estimate of drug-likeness (QED) is 0.629. The van der Waals surface area contributed by atoms with Crippen molar-refractivity contribution in [1.29, 1.82) is 0 Å². The second-order valence-electron chi connectivity index (χ2n) is 4.19. The van der Waals surface area contributed by atoms with Gasteiger partial charge in [0.2, 0.25) is 0 Å². The van der Waals surface area contributed by atoms with Gasteiger partial charge >= 0.3 is 15.6 Å². The Morgan fingerprint density at radius 2 is 1.78 bits per heavy atom. The summed E-state index contributed by atoms with van der Waals surface area (Å²) >= 11 is 0. The molecule has 0 N–H and O–H groups in total. The first-order valence-corrected chi connectivity index (χ1v) is 6.63. The minimum absolute atomic E-state index is 0.170. The molecule has 0 heterocycles. The number of benzene rings is 1. The van der Waals surface area contributed by atoms with Crippen molar-refractivity contribution in [3.8, 4) is 5.75 Å². The summed E-state index contributed by atoms with van der Waals surface area (Å²) in [5, 5.41) is 0. The highest BCUT2D eigenvalue weighted by atomic mass is 32.2. The second kappa shape index (κ2) is 5.17. The first-order valence-electron chi connectivity index (χ1n) is 5.22. The normalized spacial score (nSPS) is 12.8. The molecule has 7 heteroatoms. The molecule has 3 nitrogen and oxygen atoms in total. The molecule has 0 aliphatic heterocycles. The van der Waals surface area contributed by atoms with Crippen molar-refractivity contribution in [1.82, 2.24) is 0 Å². The van der Waals surface area contributed by atoms with Crippen LogP contribution in [0.2, 0.25) is 0 Å². The lowest BCUT2D eigenvalue weighted by Crippen LogP contribution is -2.28. The van der Waals surface area contributed by atoms with Gasteiger partial charge in [0.1, 0.15) is 5.75 Å². The van der Waals surface area contributed by atoms with Gasteiger partial charge in [0.05, 0.1) is 0 Å². The van der Waals surface area contributed by atoms with Crippen LogP contribution in [0.1, 0.15) is 19.4 Å². The molecular formula is C11H13F3O3S. The Morgan fingerprint density at radius 1 is 1.22 bits per heavy atom. The molecule has 0 aliphatic carbocycles. The van der Waals surface area contributed by atoms with Gasteiger partial charge in [0.15, 0.2) is 0 Å². The Hall–Kier alpha value is -1.24. The van der Waals surface area contributed by atoms with Gasteiger partial charge in [-0.2, -0.15) is 21.6 Å².